The van der Waals surface area contributed by atoms with Gasteiger partial charge in [0.25, 0.3) is 0 Å². The van der Waals surface area contributed by atoms with Crippen molar-refractivity contribution in [1.29, 1.82) is 0 Å². The van der Waals surface area contributed by atoms with Crippen molar-refractivity contribution in [3.05, 3.63) is 41.5 Å². The highest BCUT2D eigenvalue weighted by Gasteiger charge is 2.34. The van der Waals surface area contributed by atoms with Crippen LogP contribution in [-0.2, 0) is 0 Å². The number of rotatable bonds is 4. The van der Waals surface area contributed by atoms with Crippen molar-refractivity contribution < 1.29 is 0 Å². The fraction of sp³-hybridized carbons (Fsp3) is 0.556. The first-order chi connectivity index (χ1) is 9.25. The summed E-state index contributed by atoms with van der Waals surface area (Å²) in [5.41, 5.74) is 4.98. The zero-order chi connectivity index (χ0) is 13.2. The molecular weight excluding hydrogens is 230 g/mol. The molecule has 19 heavy (non-hydrogen) atoms. The molecule has 1 aromatic rings. The molecule has 102 valence electrons. The van der Waals surface area contributed by atoms with Crippen LogP contribution in [0.2, 0.25) is 0 Å². The molecule has 3 aliphatic rings. The molecule has 1 heteroatoms. The molecule has 2 bridgehead atoms. The number of benzene rings is 1. The Hall–Kier alpha value is -1.08. The van der Waals surface area contributed by atoms with E-state index in [0.29, 0.717) is 0 Å². The fourth-order valence-corrected chi connectivity index (χ4v) is 3.93. The lowest BCUT2D eigenvalue weighted by Crippen LogP contribution is -2.27. The van der Waals surface area contributed by atoms with Crippen molar-refractivity contribution in [3.8, 4) is 0 Å². The Morgan fingerprint density at radius 2 is 1.58 bits per heavy atom. The van der Waals surface area contributed by atoms with Gasteiger partial charge in [-0.2, -0.15) is 0 Å². The summed E-state index contributed by atoms with van der Waals surface area (Å²) in [7, 11) is 4.37. The molecule has 1 saturated carbocycles. The maximum absolute atomic E-state index is 2.32. The van der Waals surface area contributed by atoms with Crippen molar-refractivity contribution in [2.75, 3.05) is 20.6 Å². The lowest BCUT2D eigenvalue weighted by Gasteiger charge is -2.41. The zero-order valence-corrected chi connectivity index (χ0v) is 12.2. The number of fused-ring (bicyclic) bond motifs is 2. The van der Waals surface area contributed by atoms with E-state index in [-0.39, 0.29) is 0 Å². The van der Waals surface area contributed by atoms with Gasteiger partial charge in [-0.15, -0.1) is 0 Å². The molecule has 1 fully saturated rings. The first kappa shape index (κ1) is 12.9. The molecule has 0 aliphatic heterocycles. The van der Waals surface area contributed by atoms with Crippen LogP contribution < -0.4 is 0 Å². The molecule has 0 spiro atoms. The minimum Gasteiger partial charge on any atom is -0.309 e. The second-order valence-corrected chi connectivity index (χ2v) is 6.41. The molecule has 0 amide bonds. The van der Waals surface area contributed by atoms with Crippen molar-refractivity contribution in [2.45, 2.75) is 32.1 Å². The summed E-state index contributed by atoms with van der Waals surface area (Å²) in [5, 5.41) is 0. The average molecular weight is 255 g/mol. The van der Waals surface area contributed by atoms with Crippen LogP contribution in [0.1, 0.15) is 37.7 Å². The minimum atomic E-state index is 0.838. The van der Waals surface area contributed by atoms with Gasteiger partial charge >= 0.3 is 0 Å². The second kappa shape index (κ2) is 5.50. The topological polar surface area (TPSA) is 3.24 Å². The molecule has 1 aromatic carbocycles. The lowest BCUT2D eigenvalue weighted by atomic mass is 9.64. The molecular formula is C18H25N. The Bertz CT molecular complexity index is 450. The molecule has 3 aliphatic carbocycles. The van der Waals surface area contributed by atoms with E-state index in [4.69, 9.17) is 0 Å². The van der Waals surface area contributed by atoms with E-state index < -0.39 is 0 Å². The number of allylic oxidation sites excluding steroid dienone is 1. The fourth-order valence-electron chi connectivity index (χ4n) is 3.93. The summed E-state index contributed by atoms with van der Waals surface area (Å²) in [5.74, 6) is 1.71. The molecule has 0 unspecified atom stereocenters. The monoisotopic (exact) mass is 255 g/mol. The smallest absolute Gasteiger partial charge is 0.00128 e. The number of hydrogen-bond acceptors (Lipinski definition) is 1. The number of nitrogens with zero attached hydrogens (tertiary/aromatic N) is 1. The summed E-state index contributed by atoms with van der Waals surface area (Å²) in [4.78, 5) is 2.32. The van der Waals surface area contributed by atoms with E-state index in [1.54, 1.807) is 11.1 Å². The summed E-state index contributed by atoms with van der Waals surface area (Å²) in [6.07, 6.45) is 6.96. The van der Waals surface area contributed by atoms with Gasteiger partial charge in [-0.3, -0.25) is 0 Å². The van der Waals surface area contributed by atoms with Gasteiger partial charge < -0.3 is 4.90 Å². The highest BCUT2D eigenvalue weighted by molar-refractivity contribution is 5.72. The Labute approximate surface area is 117 Å². The maximum Gasteiger partial charge on any atom is 0.00128 e. The predicted octanol–water partition coefficient (Wildman–Crippen LogP) is 4.21. The Morgan fingerprint density at radius 3 is 2.21 bits per heavy atom. The predicted molar refractivity (Wildman–Crippen MR) is 82.0 cm³/mol. The van der Waals surface area contributed by atoms with Gasteiger partial charge in [0.15, 0.2) is 0 Å². The van der Waals surface area contributed by atoms with Crippen LogP contribution in [0.25, 0.3) is 5.57 Å². The van der Waals surface area contributed by atoms with Crippen LogP contribution in [0.15, 0.2) is 35.9 Å². The van der Waals surface area contributed by atoms with Crippen molar-refractivity contribution in [1.82, 2.24) is 4.90 Å². The quantitative estimate of drug-likeness (QED) is 0.779. The minimum absolute atomic E-state index is 0.838. The average Bonchev–Trinajstić information content (AvgIpc) is 2.46. The Morgan fingerprint density at radius 1 is 0.947 bits per heavy atom. The van der Waals surface area contributed by atoms with Gasteiger partial charge in [-0.1, -0.05) is 35.9 Å². The van der Waals surface area contributed by atoms with E-state index in [9.17, 15) is 0 Å². The molecule has 0 N–H and O–H groups in total. The third kappa shape index (κ3) is 2.62. The molecule has 0 saturated heterocycles. The first-order valence-electron chi connectivity index (χ1n) is 7.69. The van der Waals surface area contributed by atoms with Crippen LogP contribution in [0.5, 0.6) is 0 Å². The summed E-state index contributed by atoms with van der Waals surface area (Å²) in [6.45, 7) is 1.19. The van der Waals surface area contributed by atoms with E-state index >= 15 is 0 Å². The zero-order valence-electron chi connectivity index (χ0n) is 12.2. The number of hydrogen-bond donors (Lipinski definition) is 0. The van der Waals surface area contributed by atoms with E-state index in [1.165, 1.54) is 44.2 Å². The molecule has 0 heterocycles. The molecule has 4 rings (SSSR count). The normalized spacial score (nSPS) is 26.3. The second-order valence-electron chi connectivity index (χ2n) is 6.41. The van der Waals surface area contributed by atoms with Gasteiger partial charge in [0.2, 0.25) is 0 Å². The van der Waals surface area contributed by atoms with Gasteiger partial charge in [0.1, 0.15) is 0 Å². The SMILES string of the molecule is CN(C)CCC1=C(c2ccccc2)C2CCC1CC2. The highest BCUT2D eigenvalue weighted by atomic mass is 15.0. The van der Waals surface area contributed by atoms with E-state index in [1.807, 2.05) is 0 Å². The third-order valence-electron chi connectivity index (χ3n) is 4.89. The van der Waals surface area contributed by atoms with E-state index in [0.717, 1.165) is 11.8 Å². The van der Waals surface area contributed by atoms with Crippen LogP contribution in [0.3, 0.4) is 0 Å². The highest BCUT2D eigenvalue weighted by Crippen LogP contribution is 2.50. The van der Waals surface area contributed by atoms with Crippen molar-refractivity contribution in [3.63, 3.8) is 0 Å². The van der Waals surface area contributed by atoms with Gasteiger partial charge in [0.05, 0.1) is 0 Å². The van der Waals surface area contributed by atoms with Crippen LogP contribution >= 0.6 is 0 Å². The van der Waals surface area contributed by atoms with Gasteiger partial charge in [-0.25, -0.2) is 0 Å². The van der Waals surface area contributed by atoms with Crippen LogP contribution in [0.4, 0.5) is 0 Å². The summed E-state index contributed by atoms with van der Waals surface area (Å²) < 4.78 is 0. The molecule has 0 aromatic heterocycles. The van der Waals surface area contributed by atoms with E-state index in [2.05, 4.69) is 49.3 Å². The summed E-state index contributed by atoms with van der Waals surface area (Å²) >= 11 is 0. The standard InChI is InChI=1S/C18H25N/c1-19(2)13-12-17-14-8-10-16(11-9-14)18(17)15-6-4-3-5-7-15/h3-7,14,16H,8-13H2,1-2H3. The lowest BCUT2D eigenvalue weighted by molar-refractivity contribution is 0.307. The largest absolute Gasteiger partial charge is 0.309 e. The Balaban J connectivity index is 1.96. The maximum atomic E-state index is 2.32. The summed E-state index contributed by atoms with van der Waals surface area (Å²) in [6, 6.07) is 11.1. The van der Waals surface area contributed by atoms with Gasteiger partial charge in [-0.05, 0) is 69.2 Å². The van der Waals surface area contributed by atoms with Crippen molar-refractivity contribution in [2.24, 2.45) is 11.8 Å². The van der Waals surface area contributed by atoms with Crippen molar-refractivity contribution >= 4 is 5.57 Å². The molecule has 0 atom stereocenters. The van der Waals surface area contributed by atoms with Gasteiger partial charge in [0, 0.05) is 6.54 Å². The first-order valence-corrected chi connectivity index (χ1v) is 7.69. The Kier molecular flexibility index (Phi) is 3.74. The van der Waals surface area contributed by atoms with Crippen LogP contribution in [0, 0.1) is 11.8 Å². The third-order valence-corrected chi connectivity index (χ3v) is 4.89. The molecule has 0 radical (unpaired) electrons. The van der Waals surface area contributed by atoms with Crippen LogP contribution in [-0.4, -0.2) is 25.5 Å². The molecule has 1 nitrogen and oxygen atoms in total.